The first-order valence-corrected chi connectivity index (χ1v) is 9.01. The lowest BCUT2D eigenvalue weighted by Crippen LogP contribution is -2.14. The van der Waals surface area contributed by atoms with Gasteiger partial charge in [0.05, 0.1) is 5.56 Å². The van der Waals surface area contributed by atoms with E-state index in [0.29, 0.717) is 10.9 Å². The van der Waals surface area contributed by atoms with Crippen molar-refractivity contribution in [2.24, 2.45) is 0 Å². The van der Waals surface area contributed by atoms with E-state index >= 15 is 0 Å². The van der Waals surface area contributed by atoms with E-state index in [0.717, 1.165) is 11.1 Å². The van der Waals surface area contributed by atoms with Gasteiger partial charge in [0, 0.05) is 12.2 Å². The molecule has 0 fully saturated rings. The molecule has 132 valence electrons. The zero-order chi connectivity index (χ0) is 18.4. The summed E-state index contributed by atoms with van der Waals surface area (Å²) in [5, 5.41) is 10.4. The number of benzene rings is 2. The number of thioether (sulfide) groups is 1. The largest absolute Gasteiger partial charge is 0.493 e. The standard InChI is InChI=1S/C20H17FN2O2S/c21-16-11-9-15(10-12-16)13-26-20-22-18(24)17(19(25)23-20)8-4-7-14-5-2-1-3-6-14/h1-7,9-12H,8,13H2,(H2,22,23,24,25). The molecule has 0 spiro atoms. The van der Waals surface area contributed by atoms with Gasteiger partial charge in [-0.05, 0) is 23.3 Å². The Bertz CT molecular complexity index is 954. The van der Waals surface area contributed by atoms with Gasteiger partial charge < -0.3 is 10.1 Å². The Morgan fingerprint density at radius 2 is 1.85 bits per heavy atom. The highest BCUT2D eigenvalue weighted by molar-refractivity contribution is 7.98. The van der Waals surface area contributed by atoms with Crippen molar-refractivity contribution < 1.29 is 9.50 Å². The van der Waals surface area contributed by atoms with Crippen molar-refractivity contribution in [2.45, 2.75) is 17.3 Å². The number of hydrogen-bond donors (Lipinski definition) is 2. The minimum absolute atomic E-state index is 0.225. The number of H-pyrrole nitrogens is 1. The first-order valence-electron chi connectivity index (χ1n) is 8.03. The lowest BCUT2D eigenvalue weighted by molar-refractivity contribution is 0.437. The van der Waals surface area contributed by atoms with E-state index in [2.05, 4.69) is 9.97 Å². The number of nitrogens with zero attached hydrogens (tertiary/aromatic N) is 1. The monoisotopic (exact) mass is 368 g/mol. The fourth-order valence-corrected chi connectivity index (χ4v) is 3.14. The van der Waals surface area contributed by atoms with Crippen LogP contribution < -0.4 is 5.56 Å². The minimum atomic E-state index is -0.364. The minimum Gasteiger partial charge on any atom is -0.493 e. The smallest absolute Gasteiger partial charge is 0.258 e. The number of aromatic nitrogens is 2. The predicted molar refractivity (Wildman–Crippen MR) is 102 cm³/mol. The Balaban J connectivity index is 1.67. The summed E-state index contributed by atoms with van der Waals surface area (Å²) in [4.78, 5) is 18.9. The molecular formula is C20H17FN2O2S. The van der Waals surface area contributed by atoms with E-state index in [1.807, 2.05) is 42.5 Å². The number of hydrogen-bond acceptors (Lipinski definition) is 4. The first kappa shape index (κ1) is 17.9. The molecule has 6 heteroatoms. The zero-order valence-corrected chi connectivity index (χ0v) is 14.7. The van der Waals surface area contributed by atoms with E-state index in [9.17, 15) is 14.3 Å². The molecule has 2 aromatic carbocycles. The predicted octanol–water partition coefficient (Wildman–Crippen LogP) is 4.16. The van der Waals surface area contributed by atoms with Crippen LogP contribution in [0.2, 0.25) is 0 Å². The molecule has 0 aliphatic heterocycles. The van der Waals surface area contributed by atoms with Gasteiger partial charge in [-0.2, -0.15) is 4.98 Å². The van der Waals surface area contributed by atoms with Crippen LogP contribution in [0.4, 0.5) is 4.39 Å². The highest BCUT2D eigenvalue weighted by Crippen LogP contribution is 2.21. The molecule has 0 radical (unpaired) electrons. The van der Waals surface area contributed by atoms with Crippen molar-refractivity contribution in [1.82, 2.24) is 9.97 Å². The van der Waals surface area contributed by atoms with Crippen molar-refractivity contribution in [3.8, 4) is 5.88 Å². The van der Waals surface area contributed by atoms with Crippen molar-refractivity contribution in [3.05, 3.63) is 93.5 Å². The van der Waals surface area contributed by atoms with Gasteiger partial charge in [0.1, 0.15) is 5.82 Å². The summed E-state index contributed by atoms with van der Waals surface area (Å²) in [6, 6.07) is 15.8. The van der Waals surface area contributed by atoms with Gasteiger partial charge in [0.2, 0.25) is 5.88 Å². The molecule has 0 atom stereocenters. The van der Waals surface area contributed by atoms with Crippen LogP contribution >= 0.6 is 11.8 Å². The number of halogens is 1. The van der Waals surface area contributed by atoms with Crippen molar-refractivity contribution >= 4 is 17.8 Å². The van der Waals surface area contributed by atoms with E-state index in [-0.39, 0.29) is 29.2 Å². The van der Waals surface area contributed by atoms with Gasteiger partial charge in [0.25, 0.3) is 5.56 Å². The van der Waals surface area contributed by atoms with Gasteiger partial charge in [-0.15, -0.1) is 0 Å². The molecule has 26 heavy (non-hydrogen) atoms. The number of allylic oxidation sites excluding steroid dienone is 1. The second-order valence-electron chi connectivity index (χ2n) is 5.61. The molecule has 0 bridgehead atoms. The normalized spacial score (nSPS) is 11.1. The van der Waals surface area contributed by atoms with E-state index in [4.69, 9.17) is 0 Å². The second kappa shape index (κ2) is 8.49. The third-order valence-electron chi connectivity index (χ3n) is 3.69. The Hall–Kier alpha value is -2.86. The average molecular weight is 368 g/mol. The van der Waals surface area contributed by atoms with Gasteiger partial charge >= 0.3 is 0 Å². The number of aromatic hydroxyl groups is 1. The number of nitrogens with one attached hydrogen (secondary N) is 1. The fourth-order valence-electron chi connectivity index (χ4n) is 2.33. The molecule has 0 saturated heterocycles. The van der Waals surface area contributed by atoms with E-state index in [1.54, 1.807) is 12.1 Å². The zero-order valence-electron chi connectivity index (χ0n) is 13.9. The van der Waals surface area contributed by atoms with Gasteiger partial charge in [-0.3, -0.25) is 4.79 Å². The lowest BCUT2D eigenvalue weighted by atomic mass is 10.1. The summed E-state index contributed by atoms with van der Waals surface area (Å²) in [6.07, 6.45) is 3.98. The number of aromatic amines is 1. The molecule has 1 heterocycles. The van der Waals surface area contributed by atoms with Gasteiger partial charge in [-0.25, -0.2) is 4.39 Å². The SMILES string of the molecule is O=c1[nH]c(SCc2ccc(F)cc2)nc(O)c1CC=Cc1ccccc1. The van der Waals surface area contributed by atoms with Crippen molar-refractivity contribution in [3.63, 3.8) is 0 Å². The molecule has 3 rings (SSSR count). The van der Waals surface area contributed by atoms with Crippen LogP contribution in [-0.2, 0) is 12.2 Å². The van der Waals surface area contributed by atoms with Gasteiger partial charge in [0.15, 0.2) is 5.16 Å². The molecule has 1 aromatic heterocycles. The highest BCUT2D eigenvalue weighted by Gasteiger charge is 2.10. The molecule has 4 nitrogen and oxygen atoms in total. The molecule has 0 aliphatic rings. The molecule has 0 unspecified atom stereocenters. The highest BCUT2D eigenvalue weighted by atomic mass is 32.2. The third-order valence-corrected chi connectivity index (χ3v) is 4.64. The maximum atomic E-state index is 12.9. The van der Waals surface area contributed by atoms with Crippen LogP contribution in [-0.4, -0.2) is 15.1 Å². The summed E-state index contributed by atoms with van der Waals surface area (Å²) >= 11 is 1.27. The second-order valence-corrected chi connectivity index (χ2v) is 6.57. The summed E-state index contributed by atoms with van der Waals surface area (Å²) in [7, 11) is 0. The summed E-state index contributed by atoms with van der Waals surface area (Å²) in [5.41, 5.74) is 1.77. The Kier molecular flexibility index (Phi) is 5.86. The summed E-state index contributed by atoms with van der Waals surface area (Å²) < 4.78 is 12.9. The quantitative estimate of drug-likeness (QED) is 0.506. The van der Waals surface area contributed by atoms with Crippen molar-refractivity contribution in [1.29, 1.82) is 0 Å². The van der Waals surface area contributed by atoms with Crippen LogP contribution in [0.3, 0.4) is 0 Å². The third kappa shape index (κ3) is 4.83. The first-order chi connectivity index (χ1) is 12.6. The van der Waals surface area contributed by atoms with Crippen LogP contribution in [0.5, 0.6) is 5.88 Å². The molecule has 0 amide bonds. The maximum Gasteiger partial charge on any atom is 0.258 e. The molecule has 2 N–H and O–H groups in total. The molecule has 0 saturated carbocycles. The maximum absolute atomic E-state index is 12.9. The summed E-state index contributed by atoms with van der Waals surface area (Å²) in [5.74, 6) is -0.0560. The fraction of sp³-hybridized carbons (Fsp3) is 0.100. The average Bonchev–Trinajstić information content (AvgIpc) is 2.64. The van der Waals surface area contributed by atoms with Crippen LogP contribution in [0.1, 0.15) is 16.7 Å². The molecule has 3 aromatic rings. The van der Waals surface area contributed by atoms with E-state index in [1.165, 1.54) is 23.9 Å². The number of rotatable bonds is 6. The van der Waals surface area contributed by atoms with E-state index < -0.39 is 0 Å². The topological polar surface area (TPSA) is 66.0 Å². The van der Waals surface area contributed by atoms with Crippen LogP contribution in [0, 0.1) is 5.82 Å². The van der Waals surface area contributed by atoms with Gasteiger partial charge in [-0.1, -0.05) is 66.4 Å². The van der Waals surface area contributed by atoms with Crippen molar-refractivity contribution in [2.75, 3.05) is 0 Å². The molecular weight excluding hydrogens is 351 g/mol. The van der Waals surface area contributed by atoms with Crippen LogP contribution in [0.15, 0.2) is 70.6 Å². The Labute approximate surface area is 154 Å². The Morgan fingerprint density at radius 1 is 1.12 bits per heavy atom. The molecule has 0 aliphatic carbocycles. The van der Waals surface area contributed by atoms with Crippen LogP contribution in [0.25, 0.3) is 6.08 Å². The Morgan fingerprint density at radius 3 is 2.54 bits per heavy atom. The summed E-state index contributed by atoms with van der Waals surface area (Å²) in [6.45, 7) is 0. The lowest BCUT2D eigenvalue weighted by Gasteiger charge is -2.05.